The molecule has 1 aliphatic carbocycles. The van der Waals surface area contributed by atoms with E-state index in [9.17, 15) is 14.4 Å². The zero-order valence-corrected chi connectivity index (χ0v) is 11.7. The summed E-state index contributed by atoms with van der Waals surface area (Å²) in [5.74, 6) is -0.502. The molecule has 1 atom stereocenters. The smallest absolute Gasteiger partial charge is 0.226 e. The SMILES string of the molecule is CN(C(=O)C1CCCCC1)C(C#N)c1ccccc1F. The van der Waals surface area contributed by atoms with Crippen molar-refractivity contribution in [3.63, 3.8) is 0 Å². The highest BCUT2D eigenvalue weighted by atomic mass is 19.1. The van der Waals surface area contributed by atoms with Crippen LogP contribution in [0.25, 0.3) is 0 Å². The fraction of sp³-hybridized carbons (Fsp3) is 0.500. The van der Waals surface area contributed by atoms with Gasteiger partial charge in [0, 0.05) is 18.5 Å². The Bertz CT molecular complexity index is 517. The fourth-order valence-electron chi connectivity index (χ4n) is 2.83. The molecule has 4 heteroatoms. The molecule has 0 heterocycles. The van der Waals surface area contributed by atoms with Crippen molar-refractivity contribution in [3.8, 4) is 6.07 Å². The third-order valence-corrected chi connectivity index (χ3v) is 4.01. The van der Waals surface area contributed by atoms with Crippen LogP contribution in [0, 0.1) is 23.1 Å². The summed E-state index contributed by atoms with van der Waals surface area (Å²) in [6.07, 6.45) is 5.03. The summed E-state index contributed by atoms with van der Waals surface area (Å²) in [5, 5.41) is 9.31. The topological polar surface area (TPSA) is 44.1 Å². The molecule has 1 amide bonds. The van der Waals surface area contributed by atoms with Crippen LogP contribution in [0.15, 0.2) is 24.3 Å². The number of halogens is 1. The second-order valence-corrected chi connectivity index (χ2v) is 5.34. The summed E-state index contributed by atoms with van der Waals surface area (Å²) in [7, 11) is 1.59. The lowest BCUT2D eigenvalue weighted by Crippen LogP contribution is -2.36. The summed E-state index contributed by atoms with van der Waals surface area (Å²) >= 11 is 0. The van der Waals surface area contributed by atoms with Gasteiger partial charge in [-0.1, -0.05) is 37.5 Å². The molecule has 2 rings (SSSR count). The van der Waals surface area contributed by atoms with Crippen LogP contribution in [0.5, 0.6) is 0 Å². The molecule has 0 spiro atoms. The number of rotatable bonds is 3. The van der Waals surface area contributed by atoms with Crippen molar-refractivity contribution >= 4 is 5.91 Å². The Balaban J connectivity index is 2.17. The maximum absolute atomic E-state index is 13.8. The van der Waals surface area contributed by atoms with Crippen LogP contribution in [0.2, 0.25) is 0 Å². The van der Waals surface area contributed by atoms with E-state index in [0.29, 0.717) is 0 Å². The summed E-state index contributed by atoms with van der Waals surface area (Å²) in [4.78, 5) is 13.8. The molecule has 1 aromatic rings. The van der Waals surface area contributed by atoms with Gasteiger partial charge in [-0.25, -0.2) is 4.39 Å². The number of nitrogens with zero attached hydrogens (tertiary/aromatic N) is 2. The van der Waals surface area contributed by atoms with E-state index in [1.165, 1.54) is 17.4 Å². The Hall–Kier alpha value is -1.89. The number of carbonyl (C=O) groups is 1. The second-order valence-electron chi connectivity index (χ2n) is 5.34. The van der Waals surface area contributed by atoms with Gasteiger partial charge in [-0.2, -0.15) is 5.26 Å². The van der Waals surface area contributed by atoms with E-state index >= 15 is 0 Å². The lowest BCUT2D eigenvalue weighted by Gasteiger charge is -2.29. The second kappa shape index (κ2) is 6.51. The Labute approximate surface area is 119 Å². The maximum Gasteiger partial charge on any atom is 0.226 e. The first-order chi connectivity index (χ1) is 9.65. The third kappa shape index (κ3) is 2.98. The quantitative estimate of drug-likeness (QED) is 0.847. The highest BCUT2D eigenvalue weighted by Crippen LogP contribution is 2.29. The van der Waals surface area contributed by atoms with Crippen molar-refractivity contribution in [3.05, 3.63) is 35.6 Å². The van der Waals surface area contributed by atoms with Crippen molar-refractivity contribution in [1.29, 1.82) is 5.26 Å². The summed E-state index contributed by atoms with van der Waals surface area (Å²) in [6.45, 7) is 0. The Morgan fingerprint density at radius 3 is 2.60 bits per heavy atom. The van der Waals surface area contributed by atoms with Crippen molar-refractivity contribution < 1.29 is 9.18 Å². The lowest BCUT2D eigenvalue weighted by atomic mass is 9.88. The zero-order valence-electron chi connectivity index (χ0n) is 11.7. The number of nitriles is 1. The molecule has 0 radical (unpaired) electrons. The summed E-state index contributed by atoms with van der Waals surface area (Å²) in [6, 6.07) is 7.33. The van der Waals surface area contributed by atoms with Crippen LogP contribution in [0.3, 0.4) is 0 Å². The predicted octanol–water partition coefficient (Wildman–Crippen LogP) is 3.43. The van der Waals surface area contributed by atoms with Gasteiger partial charge in [0.1, 0.15) is 11.9 Å². The predicted molar refractivity (Wildman–Crippen MR) is 74.1 cm³/mol. The van der Waals surface area contributed by atoms with Gasteiger partial charge in [-0.3, -0.25) is 4.79 Å². The van der Waals surface area contributed by atoms with Crippen LogP contribution in [-0.4, -0.2) is 17.9 Å². The molecular formula is C16H19FN2O. The molecule has 106 valence electrons. The van der Waals surface area contributed by atoms with E-state index in [1.807, 2.05) is 6.07 Å². The average Bonchev–Trinajstić information content (AvgIpc) is 2.50. The van der Waals surface area contributed by atoms with Gasteiger partial charge in [0.15, 0.2) is 0 Å². The van der Waals surface area contributed by atoms with Crippen molar-refractivity contribution in [2.45, 2.75) is 38.1 Å². The van der Waals surface area contributed by atoms with Gasteiger partial charge in [0.2, 0.25) is 5.91 Å². The first kappa shape index (κ1) is 14.5. The van der Waals surface area contributed by atoms with Crippen molar-refractivity contribution in [2.24, 2.45) is 5.92 Å². The minimum Gasteiger partial charge on any atom is -0.325 e. The van der Waals surface area contributed by atoms with Crippen LogP contribution in [0.4, 0.5) is 4.39 Å². The molecule has 1 aliphatic rings. The van der Waals surface area contributed by atoms with Gasteiger partial charge in [-0.15, -0.1) is 0 Å². The fourth-order valence-corrected chi connectivity index (χ4v) is 2.83. The number of amides is 1. The molecule has 0 bridgehead atoms. The molecule has 0 aromatic heterocycles. The monoisotopic (exact) mass is 274 g/mol. The molecule has 20 heavy (non-hydrogen) atoms. The van der Waals surface area contributed by atoms with Crippen LogP contribution < -0.4 is 0 Å². The summed E-state index contributed by atoms with van der Waals surface area (Å²) in [5.41, 5.74) is 0.265. The average molecular weight is 274 g/mol. The van der Waals surface area contributed by atoms with Crippen LogP contribution >= 0.6 is 0 Å². The molecule has 0 aliphatic heterocycles. The van der Waals surface area contributed by atoms with E-state index in [1.54, 1.807) is 25.2 Å². The van der Waals surface area contributed by atoms with Crippen LogP contribution in [0.1, 0.15) is 43.7 Å². The minimum atomic E-state index is -0.856. The van der Waals surface area contributed by atoms with E-state index in [2.05, 4.69) is 0 Å². The minimum absolute atomic E-state index is 0.0172. The van der Waals surface area contributed by atoms with Gasteiger partial charge >= 0.3 is 0 Å². The number of hydrogen-bond donors (Lipinski definition) is 0. The highest BCUT2D eigenvalue weighted by molar-refractivity contribution is 5.79. The molecule has 3 nitrogen and oxygen atoms in total. The molecule has 1 unspecified atom stereocenters. The molecule has 0 N–H and O–H groups in total. The first-order valence-electron chi connectivity index (χ1n) is 7.06. The van der Waals surface area contributed by atoms with Gasteiger partial charge in [0.25, 0.3) is 0 Å². The molecule has 1 fully saturated rings. The number of hydrogen-bond acceptors (Lipinski definition) is 2. The van der Waals surface area contributed by atoms with Gasteiger partial charge < -0.3 is 4.90 Å². The Morgan fingerprint density at radius 1 is 1.35 bits per heavy atom. The van der Waals surface area contributed by atoms with E-state index in [4.69, 9.17) is 0 Å². The van der Waals surface area contributed by atoms with E-state index < -0.39 is 11.9 Å². The molecule has 0 saturated heterocycles. The zero-order chi connectivity index (χ0) is 14.5. The molecular weight excluding hydrogens is 255 g/mol. The first-order valence-corrected chi connectivity index (χ1v) is 7.06. The third-order valence-electron chi connectivity index (χ3n) is 4.01. The van der Waals surface area contributed by atoms with Gasteiger partial charge in [-0.05, 0) is 18.9 Å². The van der Waals surface area contributed by atoms with Crippen molar-refractivity contribution in [2.75, 3.05) is 7.05 Å². The Morgan fingerprint density at radius 2 is 2.00 bits per heavy atom. The molecule has 1 saturated carbocycles. The maximum atomic E-state index is 13.8. The van der Waals surface area contributed by atoms with Crippen LogP contribution in [-0.2, 0) is 4.79 Å². The molecule has 1 aromatic carbocycles. The number of carbonyl (C=O) groups excluding carboxylic acids is 1. The largest absolute Gasteiger partial charge is 0.325 e. The Kier molecular flexibility index (Phi) is 4.73. The van der Waals surface area contributed by atoms with E-state index in [0.717, 1.165) is 25.7 Å². The van der Waals surface area contributed by atoms with E-state index in [-0.39, 0.29) is 17.4 Å². The lowest BCUT2D eigenvalue weighted by molar-refractivity contribution is -0.136. The van der Waals surface area contributed by atoms with Gasteiger partial charge in [0.05, 0.1) is 6.07 Å². The highest BCUT2D eigenvalue weighted by Gasteiger charge is 2.29. The number of benzene rings is 1. The van der Waals surface area contributed by atoms with Crippen molar-refractivity contribution in [1.82, 2.24) is 4.90 Å². The summed E-state index contributed by atoms with van der Waals surface area (Å²) < 4.78 is 13.8. The standard InChI is InChI=1S/C16H19FN2O/c1-19(16(20)12-7-3-2-4-8-12)15(11-18)13-9-5-6-10-14(13)17/h5-6,9-10,12,15H,2-4,7-8H2,1H3. The normalized spacial score (nSPS) is 17.2.